The van der Waals surface area contributed by atoms with E-state index < -0.39 is 36.3 Å². The summed E-state index contributed by atoms with van der Waals surface area (Å²) in [7, 11) is 0. The normalized spacial score (nSPS) is 14.6. The Morgan fingerprint density at radius 1 is 1.22 bits per heavy atom. The highest BCUT2D eigenvalue weighted by molar-refractivity contribution is 6.22. The van der Waals surface area contributed by atoms with Gasteiger partial charge in [0.25, 0.3) is 11.8 Å². The predicted octanol–water partition coefficient (Wildman–Crippen LogP) is 0.961. The van der Waals surface area contributed by atoms with Gasteiger partial charge in [0.05, 0.1) is 11.1 Å². The number of nitrogens with one attached hydrogen (secondary N) is 1. The maximum absolute atomic E-state index is 12.2. The molecule has 0 saturated carbocycles. The maximum Gasteiger partial charge on any atom is 0.326 e. The Morgan fingerprint density at radius 3 is 2.48 bits per heavy atom. The highest BCUT2D eigenvalue weighted by atomic mass is 16.4. The number of imide groups is 1. The molecule has 7 heteroatoms. The van der Waals surface area contributed by atoms with Crippen LogP contribution in [0.2, 0.25) is 0 Å². The number of amides is 3. The van der Waals surface area contributed by atoms with Crippen LogP contribution in [0.3, 0.4) is 0 Å². The lowest BCUT2D eigenvalue weighted by atomic mass is 10.1. The van der Waals surface area contributed by atoms with Gasteiger partial charge in [-0.2, -0.15) is 0 Å². The third-order valence-corrected chi connectivity index (χ3v) is 3.64. The van der Waals surface area contributed by atoms with Gasteiger partial charge < -0.3 is 10.4 Å². The zero-order valence-corrected chi connectivity index (χ0v) is 13.0. The molecule has 0 saturated heterocycles. The molecule has 122 valence electrons. The van der Waals surface area contributed by atoms with Crippen molar-refractivity contribution < 1.29 is 24.3 Å². The minimum atomic E-state index is -1.14. The van der Waals surface area contributed by atoms with Gasteiger partial charge in [-0.1, -0.05) is 25.0 Å². The molecule has 0 aliphatic carbocycles. The Labute approximate surface area is 133 Å². The van der Waals surface area contributed by atoms with Crippen LogP contribution in [0.25, 0.3) is 0 Å². The number of carboxylic acids is 1. The number of aliphatic carboxylic acids is 1. The van der Waals surface area contributed by atoms with E-state index >= 15 is 0 Å². The minimum absolute atomic E-state index is 0.261. The first-order chi connectivity index (χ1) is 10.8. The average molecular weight is 318 g/mol. The number of carbonyl (C=O) groups excluding carboxylic acids is 3. The van der Waals surface area contributed by atoms with Crippen molar-refractivity contribution in [3.8, 4) is 0 Å². The lowest BCUT2D eigenvalue weighted by Gasteiger charge is -2.17. The second-order valence-corrected chi connectivity index (χ2v) is 5.49. The molecule has 0 spiro atoms. The summed E-state index contributed by atoms with van der Waals surface area (Å²) in [6.07, 6.45) is 0.867. The molecular formula is C16H18N2O5. The third-order valence-electron chi connectivity index (χ3n) is 3.64. The summed E-state index contributed by atoms with van der Waals surface area (Å²) in [6.45, 7) is 3.11. The van der Waals surface area contributed by atoms with E-state index in [-0.39, 0.29) is 17.5 Å². The van der Waals surface area contributed by atoms with Crippen molar-refractivity contribution in [1.82, 2.24) is 10.2 Å². The van der Waals surface area contributed by atoms with E-state index in [1.54, 1.807) is 32.0 Å². The van der Waals surface area contributed by atoms with Gasteiger partial charge in [0.2, 0.25) is 5.91 Å². The molecular weight excluding hydrogens is 300 g/mol. The summed E-state index contributed by atoms with van der Waals surface area (Å²) >= 11 is 0. The maximum atomic E-state index is 12.2. The predicted molar refractivity (Wildman–Crippen MR) is 81.0 cm³/mol. The largest absolute Gasteiger partial charge is 0.480 e. The first kappa shape index (κ1) is 16.7. The van der Waals surface area contributed by atoms with Crippen molar-refractivity contribution in [3.05, 3.63) is 34.9 Å². The Bertz CT molecular complexity index is 683. The molecule has 0 aromatic heterocycles. The van der Waals surface area contributed by atoms with Crippen LogP contribution < -0.4 is 5.32 Å². The molecule has 7 nitrogen and oxygen atoms in total. The summed E-state index contributed by atoms with van der Waals surface area (Å²) in [5, 5.41) is 11.4. The van der Waals surface area contributed by atoms with Gasteiger partial charge in [-0.05, 0) is 25.5 Å². The quantitative estimate of drug-likeness (QED) is 0.760. The molecule has 1 aliphatic rings. The van der Waals surface area contributed by atoms with Crippen molar-refractivity contribution in [3.63, 3.8) is 0 Å². The lowest BCUT2D eigenvalue weighted by molar-refractivity contribution is -0.142. The number of fused-ring (bicyclic) bond motifs is 1. The number of rotatable bonds is 6. The fourth-order valence-electron chi connectivity index (χ4n) is 2.48. The molecule has 3 amide bonds. The first-order valence-electron chi connectivity index (χ1n) is 7.34. The highest BCUT2D eigenvalue weighted by Crippen LogP contribution is 2.23. The van der Waals surface area contributed by atoms with E-state index in [0.29, 0.717) is 6.42 Å². The summed E-state index contributed by atoms with van der Waals surface area (Å²) in [5.41, 5.74) is 1.37. The molecule has 0 bridgehead atoms. The SMILES string of the molecule is CCCC(NC(=O)CN1C(=O)c2ccc(C)cc2C1=O)C(=O)O. The lowest BCUT2D eigenvalue weighted by Crippen LogP contribution is -2.46. The van der Waals surface area contributed by atoms with Gasteiger partial charge in [0.1, 0.15) is 12.6 Å². The second kappa shape index (κ2) is 6.60. The standard InChI is InChI=1S/C16H18N2O5/c1-3-4-12(16(22)23)17-13(19)8-18-14(20)10-6-5-9(2)7-11(10)15(18)21/h5-7,12H,3-4,8H2,1-2H3,(H,17,19)(H,22,23). The minimum Gasteiger partial charge on any atom is -0.480 e. The van der Waals surface area contributed by atoms with Crippen molar-refractivity contribution in [1.29, 1.82) is 0 Å². The number of carbonyl (C=O) groups is 4. The summed E-state index contributed by atoms with van der Waals surface area (Å²) in [6, 6.07) is 3.85. The van der Waals surface area contributed by atoms with E-state index in [4.69, 9.17) is 5.11 Å². The molecule has 2 N–H and O–H groups in total. The number of benzene rings is 1. The Kier molecular flexibility index (Phi) is 4.78. The van der Waals surface area contributed by atoms with Gasteiger partial charge in [0.15, 0.2) is 0 Å². The molecule has 0 fully saturated rings. The van der Waals surface area contributed by atoms with Crippen LogP contribution in [-0.2, 0) is 9.59 Å². The molecule has 1 aromatic carbocycles. The van der Waals surface area contributed by atoms with Gasteiger partial charge in [-0.3, -0.25) is 19.3 Å². The number of aryl methyl sites for hydroxylation is 1. The average Bonchev–Trinajstić information content (AvgIpc) is 2.71. The topological polar surface area (TPSA) is 104 Å². The van der Waals surface area contributed by atoms with E-state index in [2.05, 4.69) is 5.32 Å². The Morgan fingerprint density at radius 2 is 1.87 bits per heavy atom. The van der Waals surface area contributed by atoms with Crippen LogP contribution in [0.15, 0.2) is 18.2 Å². The molecule has 1 atom stereocenters. The van der Waals surface area contributed by atoms with E-state index in [1.807, 2.05) is 0 Å². The van der Waals surface area contributed by atoms with Gasteiger partial charge in [-0.25, -0.2) is 4.79 Å². The van der Waals surface area contributed by atoms with Crippen molar-refractivity contribution >= 4 is 23.7 Å². The van der Waals surface area contributed by atoms with Crippen molar-refractivity contribution in [2.24, 2.45) is 0 Å². The van der Waals surface area contributed by atoms with E-state index in [1.165, 1.54) is 0 Å². The number of nitrogens with zero attached hydrogens (tertiary/aromatic N) is 1. The van der Waals surface area contributed by atoms with Crippen LogP contribution >= 0.6 is 0 Å². The molecule has 2 rings (SSSR count). The van der Waals surface area contributed by atoms with Gasteiger partial charge in [-0.15, -0.1) is 0 Å². The fourth-order valence-corrected chi connectivity index (χ4v) is 2.48. The Hall–Kier alpha value is -2.70. The molecule has 1 heterocycles. The molecule has 1 aromatic rings. The third kappa shape index (κ3) is 3.39. The molecule has 23 heavy (non-hydrogen) atoms. The zero-order chi connectivity index (χ0) is 17.1. The fraction of sp³-hybridized carbons (Fsp3) is 0.375. The van der Waals surface area contributed by atoms with Crippen LogP contribution in [0.1, 0.15) is 46.0 Å². The molecule has 1 aliphatic heterocycles. The number of carboxylic acid groups (broad SMARTS) is 1. The molecule has 1 unspecified atom stereocenters. The summed E-state index contributed by atoms with van der Waals surface area (Å²) in [4.78, 5) is 48.3. The monoisotopic (exact) mass is 318 g/mol. The molecule has 0 radical (unpaired) electrons. The van der Waals surface area contributed by atoms with Gasteiger partial charge in [0, 0.05) is 0 Å². The van der Waals surface area contributed by atoms with Crippen LogP contribution in [0.5, 0.6) is 0 Å². The van der Waals surface area contributed by atoms with Crippen LogP contribution in [-0.4, -0.2) is 46.3 Å². The Balaban J connectivity index is 2.09. The van der Waals surface area contributed by atoms with Gasteiger partial charge >= 0.3 is 5.97 Å². The van der Waals surface area contributed by atoms with Crippen LogP contribution in [0.4, 0.5) is 0 Å². The zero-order valence-electron chi connectivity index (χ0n) is 13.0. The first-order valence-corrected chi connectivity index (χ1v) is 7.34. The second-order valence-electron chi connectivity index (χ2n) is 5.49. The summed E-state index contributed by atoms with van der Waals surface area (Å²) in [5.74, 6) is -2.89. The summed E-state index contributed by atoms with van der Waals surface area (Å²) < 4.78 is 0. The number of hydrogen-bond acceptors (Lipinski definition) is 4. The van der Waals surface area contributed by atoms with Crippen LogP contribution in [0, 0.1) is 6.92 Å². The highest BCUT2D eigenvalue weighted by Gasteiger charge is 2.37. The van der Waals surface area contributed by atoms with Crippen molar-refractivity contribution in [2.45, 2.75) is 32.7 Å². The van der Waals surface area contributed by atoms with E-state index in [0.717, 1.165) is 10.5 Å². The van der Waals surface area contributed by atoms with E-state index in [9.17, 15) is 19.2 Å². The van der Waals surface area contributed by atoms with Crippen molar-refractivity contribution in [2.75, 3.05) is 6.54 Å². The smallest absolute Gasteiger partial charge is 0.326 e. The number of hydrogen-bond donors (Lipinski definition) is 2.